The normalized spacial score (nSPS) is 12.9. The quantitative estimate of drug-likeness (QED) is 0.746. The first-order valence-electron chi connectivity index (χ1n) is 6.01. The van der Waals surface area contributed by atoms with Crippen LogP contribution >= 0.6 is 27.5 Å². The monoisotopic (exact) mass is 354 g/mol. The van der Waals surface area contributed by atoms with E-state index in [9.17, 15) is 9.18 Å². The Hall–Kier alpha value is -1.39. The van der Waals surface area contributed by atoms with E-state index >= 15 is 0 Å². The molecule has 0 spiro atoms. The molecule has 1 aliphatic heterocycles. The Labute approximate surface area is 128 Å². The van der Waals surface area contributed by atoms with E-state index in [4.69, 9.17) is 16.3 Å². The van der Waals surface area contributed by atoms with Crippen LogP contribution < -0.4 is 4.74 Å². The standard InChI is InChI=1S/C15H9BrClFO2/c16-10-5-9-3-4-20-15(9)11(7-10)14(19)8-1-2-13(18)12(17)6-8/h1-2,5-7H,3-4H2. The van der Waals surface area contributed by atoms with Gasteiger partial charge < -0.3 is 4.74 Å². The summed E-state index contributed by atoms with van der Waals surface area (Å²) in [7, 11) is 0. The lowest BCUT2D eigenvalue weighted by Crippen LogP contribution is -2.04. The lowest BCUT2D eigenvalue weighted by Gasteiger charge is -2.08. The molecule has 0 saturated carbocycles. The number of rotatable bonds is 2. The van der Waals surface area contributed by atoms with Crippen LogP contribution in [-0.2, 0) is 6.42 Å². The zero-order chi connectivity index (χ0) is 14.3. The smallest absolute Gasteiger partial charge is 0.196 e. The largest absolute Gasteiger partial charge is 0.492 e. The maximum atomic E-state index is 13.2. The number of halogens is 3. The van der Waals surface area contributed by atoms with E-state index in [2.05, 4.69) is 15.9 Å². The van der Waals surface area contributed by atoms with Crippen molar-refractivity contribution in [2.24, 2.45) is 0 Å². The average molecular weight is 356 g/mol. The Morgan fingerprint density at radius 1 is 1.30 bits per heavy atom. The van der Waals surface area contributed by atoms with Gasteiger partial charge in [-0.15, -0.1) is 0 Å². The first kappa shape index (κ1) is 13.6. The maximum absolute atomic E-state index is 13.2. The van der Waals surface area contributed by atoms with Crippen molar-refractivity contribution in [1.82, 2.24) is 0 Å². The topological polar surface area (TPSA) is 26.3 Å². The Kier molecular flexibility index (Phi) is 3.52. The molecule has 0 bridgehead atoms. The molecule has 3 rings (SSSR count). The van der Waals surface area contributed by atoms with Gasteiger partial charge in [0, 0.05) is 16.5 Å². The number of hydrogen-bond acceptors (Lipinski definition) is 2. The minimum Gasteiger partial charge on any atom is -0.492 e. The zero-order valence-electron chi connectivity index (χ0n) is 10.3. The zero-order valence-corrected chi connectivity index (χ0v) is 12.6. The van der Waals surface area contributed by atoms with Gasteiger partial charge in [-0.05, 0) is 35.9 Å². The third-order valence-electron chi connectivity index (χ3n) is 3.17. The summed E-state index contributed by atoms with van der Waals surface area (Å²) in [4.78, 5) is 12.5. The van der Waals surface area contributed by atoms with E-state index in [0.717, 1.165) is 16.5 Å². The third-order valence-corrected chi connectivity index (χ3v) is 3.92. The lowest BCUT2D eigenvalue weighted by molar-refractivity contribution is 0.103. The summed E-state index contributed by atoms with van der Waals surface area (Å²) in [5.41, 5.74) is 1.80. The molecule has 0 atom stereocenters. The summed E-state index contributed by atoms with van der Waals surface area (Å²) in [6.07, 6.45) is 0.777. The molecule has 0 amide bonds. The molecule has 2 aromatic rings. The summed E-state index contributed by atoms with van der Waals surface area (Å²) < 4.78 is 19.5. The number of benzene rings is 2. The van der Waals surface area contributed by atoms with Crippen molar-refractivity contribution in [3.8, 4) is 5.75 Å². The van der Waals surface area contributed by atoms with Crippen LogP contribution in [-0.4, -0.2) is 12.4 Å². The Balaban J connectivity index is 2.09. The molecule has 1 heterocycles. The first-order valence-corrected chi connectivity index (χ1v) is 7.18. The van der Waals surface area contributed by atoms with E-state index in [1.807, 2.05) is 6.07 Å². The fourth-order valence-corrected chi connectivity index (χ4v) is 2.92. The molecule has 2 aromatic carbocycles. The van der Waals surface area contributed by atoms with Crippen LogP contribution in [0.1, 0.15) is 21.5 Å². The molecule has 0 unspecified atom stereocenters. The summed E-state index contributed by atoms with van der Waals surface area (Å²) in [5, 5.41) is -0.0663. The van der Waals surface area contributed by atoms with E-state index in [1.54, 1.807) is 6.07 Å². The Bertz CT molecular complexity index is 715. The first-order chi connectivity index (χ1) is 9.56. The van der Waals surface area contributed by atoms with Crippen molar-refractivity contribution in [2.45, 2.75) is 6.42 Å². The highest BCUT2D eigenvalue weighted by atomic mass is 79.9. The van der Waals surface area contributed by atoms with Gasteiger partial charge in [0.25, 0.3) is 0 Å². The van der Waals surface area contributed by atoms with Gasteiger partial charge in [-0.3, -0.25) is 4.79 Å². The van der Waals surface area contributed by atoms with Crippen LogP contribution in [0.5, 0.6) is 5.75 Å². The number of ether oxygens (including phenoxy) is 1. The van der Waals surface area contributed by atoms with Crippen LogP contribution in [0.2, 0.25) is 5.02 Å². The Morgan fingerprint density at radius 2 is 2.10 bits per heavy atom. The van der Waals surface area contributed by atoms with Crippen molar-refractivity contribution >= 4 is 33.3 Å². The van der Waals surface area contributed by atoms with Gasteiger partial charge >= 0.3 is 0 Å². The van der Waals surface area contributed by atoms with Crippen molar-refractivity contribution in [3.05, 3.63) is 62.3 Å². The van der Waals surface area contributed by atoms with Crippen LogP contribution in [0.4, 0.5) is 4.39 Å². The summed E-state index contributed by atoms with van der Waals surface area (Å²) in [6.45, 7) is 0.566. The second kappa shape index (κ2) is 5.19. The van der Waals surface area contributed by atoms with Gasteiger partial charge in [-0.25, -0.2) is 4.39 Å². The Morgan fingerprint density at radius 3 is 2.85 bits per heavy atom. The van der Waals surface area contributed by atoms with Crippen molar-refractivity contribution in [2.75, 3.05) is 6.61 Å². The molecular weight excluding hydrogens is 347 g/mol. The van der Waals surface area contributed by atoms with E-state index in [1.165, 1.54) is 18.2 Å². The molecule has 0 N–H and O–H groups in total. The van der Waals surface area contributed by atoms with Gasteiger partial charge in [-0.2, -0.15) is 0 Å². The van der Waals surface area contributed by atoms with E-state index in [-0.39, 0.29) is 10.8 Å². The van der Waals surface area contributed by atoms with E-state index < -0.39 is 5.82 Å². The van der Waals surface area contributed by atoms with Crippen LogP contribution in [0.3, 0.4) is 0 Å². The minimum absolute atomic E-state index is 0.0663. The minimum atomic E-state index is -0.543. The number of ketones is 1. The molecule has 0 aromatic heterocycles. The lowest BCUT2D eigenvalue weighted by atomic mass is 10.00. The SMILES string of the molecule is O=C(c1ccc(F)c(Cl)c1)c1cc(Br)cc2c1OCC2. The summed E-state index contributed by atoms with van der Waals surface area (Å²) >= 11 is 9.12. The molecule has 5 heteroatoms. The summed E-state index contributed by atoms with van der Waals surface area (Å²) in [6, 6.07) is 7.60. The highest BCUT2D eigenvalue weighted by molar-refractivity contribution is 9.10. The predicted octanol–water partition coefficient (Wildman–Crippen LogP) is 4.41. The van der Waals surface area contributed by atoms with Crippen molar-refractivity contribution in [3.63, 3.8) is 0 Å². The second-order valence-electron chi connectivity index (χ2n) is 4.50. The summed E-state index contributed by atoms with van der Waals surface area (Å²) in [5.74, 6) is -0.163. The average Bonchev–Trinajstić information content (AvgIpc) is 2.88. The number of carbonyl (C=O) groups excluding carboxylic acids is 1. The molecule has 0 aliphatic carbocycles. The number of hydrogen-bond donors (Lipinski definition) is 0. The van der Waals surface area contributed by atoms with Crippen LogP contribution in [0.25, 0.3) is 0 Å². The van der Waals surface area contributed by atoms with Crippen molar-refractivity contribution < 1.29 is 13.9 Å². The fourth-order valence-electron chi connectivity index (χ4n) is 2.23. The number of fused-ring (bicyclic) bond motifs is 1. The second-order valence-corrected chi connectivity index (χ2v) is 5.82. The third kappa shape index (κ3) is 2.34. The molecular formula is C15H9BrClFO2. The molecule has 102 valence electrons. The highest BCUT2D eigenvalue weighted by Gasteiger charge is 2.23. The molecule has 1 aliphatic rings. The van der Waals surface area contributed by atoms with Gasteiger partial charge in [-0.1, -0.05) is 27.5 Å². The number of carbonyl (C=O) groups is 1. The predicted molar refractivity (Wildman–Crippen MR) is 78.2 cm³/mol. The molecule has 20 heavy (non-hydrogen) atoms. The van der Waals surface area contributed by atoms with Gasteiger partial charge in [0.05, 0.1) is 17.2 Å². The molecule has 0 saturated heterocycles. The fraction of sp³-hybridized carbons (Fsp3) is 0.133. The van der Waals surface area contributed by atoms with Crippen molar-refractivity contribution in [1.29, 1.82) is 0 Å². The van der Waals surface area contributed by atoms with Crippen LogP contribution in [0, 0.1) is 5.82 Å². The van der Waals surface area contributed by atoms with Crippen LogP contribution in [0.15, 0.2) is 34.8 Å². The molecule has 0 radical (unpaired) electrons. The van der Waals surface area contributed by atoms with E-state index in [0.29, 0.717) is 23.5 Å². The maximum Gasteiger partial charge on any atom is 0.196 e. The highest BCUT2D eigenvalue weighted by Crippen LogP contribution is 2.34. The van der Waals surface area contributed by atoms with Gasteiger partial charge in [0.15, 0.2) is 5.78 Å². The molecule has 2 nitrogen and oxygen atoms in total. The van der Waals surface area contributed by atoms with Gasteiger partial charge in [0.1, 0.15) is 11.6 Å². The van der Waals surface area contributed by atoms with Gasteiger partial charge in [0.2, 0.25) is 0 Å². The molecule has 0 fully saturated rings.